The molecule has 3 aromatic carbocycles. The zero-order chi connectivity index (χ0) is 24.1. The standard InChI is InChI=1S/C25H23NO7S/c1-31-21-12-10-20(11-13-21)26(17-18-6-3-2-4-7-18)34(29,30)22-9-5-8-19(16-22)24(27)33-23-14-15-32-25(23)28/h2-13,16,23H,14-15,17H2,1H3. The number of anilines is 1. The quantitative estimate of drug-likeness (QED) is 0.454. The monoisotopic (exact) mass is 481 g/mol. The van der Waals surface area contributed by atoms with E-state index in [2.05, 4.69) is 0 Å². The van der Waals surface area contributed by atoms with Gasteiger partial charge in [-0.25, -0.2) is 18.0 Å². The topological polar surface area (TPSA) is 99.2 Å². The van der Waals surface area contributed by atoms with Crippen molar-refractivity contribution >= 4 is 27.6 Å². The number of carbonyl (C=O) groups is 2. The summed E-state index contributed by atoms with van der Waals surface area (Å²) < 4.78 is 43.9. The van der Waals surface area contributed by atoms with Crippen LogP contribution in [0.2, 0.25) is 0 Å². The summed E-state index contributed by atoms with van der Waals surface area (Å²) in [5.74, 6) is -0.804. The number of hydrogen-bond acceptors (Lipinski definition) is 7. The lowest BCUT2D eigenvalue weighted by atomic mass is 10.2. The number of benzene rings is 3. The fourth-order valence-electron chi connectivity index (χ4n) is 3.51. The molecule has 3 aromatic rings. The molecule has 0 bridgehead atoms. The minimum atomic E-state index is -4.07. The van der Waals surface area contributed by atoms with Gasteiger partial charge < -0.3 is 14.2 Å². The Morgan fingerprint density at radius 3 is 2.41 bits per heavy atom. The van der Waals surface area contributed by atoms with Crippen molar-refractivity contribution in [3.8, 4) is 5.75 Å². The fourth-order valence-corrected chi connectivity index (χ4v) is 5.00. The maximum atomic E-state index is 13.7. The van der Waals surface area contributed by atoms with Crippen molar-refractivity contribution < 1.29 is 32.2 Å². The lowest BCUT2D eigenvalue weighted by molar-refractivity contribution is -0.145. The van der Waals surface area contributed by atoms with Gasteiger partial charge in [0.25, 0.3) is 10.0 Å². The Kier molecular flexibility index (Phi) is 6.83. The summed E-state index contributed by atoms with van der Waals surface area (Å²) in [6, 6.07) is 21.4. The molecule has 1 atom stereocenters. The molecule has 176 valence electrons. The lowest BCUT2D eigenvalue weighted by Gasteiger charge is -2.25. The van der Waals surface area contributed by atoms with E-state index in [0.717, 1.165) is 5.56 Å². The predicted molar refractivity (Wildman–Crippen MR) is 124 cm³/mol. The van der Waals surface area contributed by atoms with Crippen molar-refractivity contribution in [2.24, 2.45) is 0 Å². The van der Waals surface area contributed by atoms with Gasteiger partial charge in [0, 0.05) is 6.42 Å². The summed E-state index contributed by atoms with van der Waals surface area (Å²) >= 11 is 0. The van der Waals surface area contributed by atoms with Gasteiger partial charge >= 0.3 is 11.9 Å². The van der Waals surface area contributed by atoms with Crippen LogP contribution < -0.4 is 9.04 Å². The predicted octanol–water partition coefficient (Wildman–Crippen LogP) is 3.56. The molecule has 9 heteroatoms. The van der Waals surface area contributed by atoms with Crippen molar-refractivity contribution in [2.75, 3.05) is 18.0 Å². The number of carbonyl (C=O) groups excluding carboxylic acids is 2. The van der Waals surface area contributed by atoms with E-state index in [1.54, 1.807) is 24.3 Å². The number of methoxy groups -OCH3 is 1. The number of hydrogen-bond donors (Lipinski definition) is 0. The number of nitrogens with zero attached hydrogens (tertiary/aromatic N) is 1. The van der Waals surface area contributed by atoms with Crippen LogP contribution in [0, 0.1) is 0 Å². The Bertz CT molecular complexity index is 1270. The molecule has 8 nitrogen and oxygen atoms in total. The number of esters is 2. The Morgan fingerprint density at radius 1 is 1.03 bits per heavy atom. The van der Waals surface area contributed by atoms with E-state index in [1.165, 1.54) is 35.7 Å². The maximum absolute atomic E-state index is 13.7. The average Bonchev–Trinajstić information content (AvgIpc) is 3.27. The highest BCUT2D eigenvalue weighted by Crippen LogP contribution is 2.28. The highest BCUT2D eigenvalue weighted by atomic mass is 32.2. The van der Waals surface area contributed by atoms with Crippen molar-refractivity contribution in [1.29, 1.82) is 0 Å². The summed E-state index contributed by atoms with van der Waals surface area (Å²) in [4.78, 5) is 24.1. The summed E-state index contributed by atoms with van der Waals surface area (Å²) in [5.41, 5.74) is 1.25. The highest BCUT2D eigenvalue weighted by molar-refractivity contribution is 7.92. The summed E-state index contributed by atoms with van der Waals surface area (Å²) in [6.45, 7) is 0.263. The largest absolute Gasteiger partial charge is 0.497 e. The smallest absolute Gasteiger partial charge is 0.347 e. The Morgan fingerprint density at radius 2 is 1.76 bits per heavy atom. The lowest BCUT2D eigenvalue weighted by Crippen LogP contribution is -2.31. The molecule has 34 heavy (non-hydrogen) atoms. The van der Waals surface area contributed by atoms with Gasteiger partial charge in [-0.2, -0.15) is 0 Å². The third-order valence-electron chi connectivity index (χ3n) is 5.32. The Labute approximate surface area is 197 Å². The van der Waals surface area contributed by atoms with Crippen molar-refractivity contribution in [3.63, 3.8) is 0 Å². The molecule has 0 N–H and O–H groups in total. The van der Waals surface area contributed by atoms with E-state index in [-0.39, 0.29) is 30.0 Å². The van der Waals surface area contributed by atoms with Gasteiger partial charge in [0.05, 0.1) is 36.4 Å². The number of rotatable bonds is 8. The average molecular weight is 482 g/mol. The van der Waals surface area contributed by atoms with Crippen LogP contribution in [0.1, 0.15) is 22.3 Å². The minimum absolute atomic E-state index is 0.0233. The van der Waals surface area contributed by atoms with Crippen LogP contribution in [-0.2, 0) is 30.8 Å². The normalized spacial score (nSPS) is 15.4. The molecule has 0 aliphatic carbocycles. The number of cyclic esters (lactones) is 1. The van der Waals surface area contributed by atoms with Crippen LogP contribution in [-0.4, -0.2) is 40.2 Å². The summed E-state index contributed by atoms with van der Waals surface area (Å²) in [5, 5.41) is 0. The zero-order valence-corrected chi connectivity index (χ0v) is 19.2. The Hall–Kier alpha value is -3.85. The fraction of sp³-hybridized carbons (Fsp3) is 0.200. The highest BCUT2D eigenvalue weighted by Gasteiger charge is 2.31. The molecular formula is C25H23NO7S. The Balaban J connectivity index is 1.67. The SMILES string of the molecule is COc1ccc(N(Cc2ccccc2)S(=O)(=O)c2cccc(C(=O)OC3CCOC3=O)c2)cc1. The van der Waals surface area contributed by atoms with Crippen LogP contribution in [0.3, 0.4) is 0 Å². The van der Waals surface area contributed by atoms with Crippen LogP contribution >= 0.6 is 0 Å². The molecule has 1 fully saturated rings. The van der Waals surface area contributed by atoms with E-state index >= 15 is 0 Å². The molecule has 0 spiro atoms. The second kappa shape index (κ2) is 9.96. The molecule has 0 radical (unpaired) electrons. The van der Waals surface area contributed by atoms with Crippen molar-refractivity contribution in [1.82, 2.24) is 0 Å². The molecule has 0 aromatic heterocycles. The molecule has 1 aliphatic rings. The van der Waals surface area contributed by atoms with Gasteiger partial charge in [-0.05, 0) is 48.0 Å². The maximum Gasteiger partial charge on any atom is 0.347 e. The molecule has 4 rings (SSSR count). The van der Waals surface area contributed by atoms with Gasteiger partial charge in [0.2, 0.25) is 6.10 Å². The first-order chi connectivity index (χ1) is 16.4. The molecular weight excluding hydrogens is 458 g/mol. The van der Waals surface area contributed by atoms with Crippen LogP contribution in [0.15, 0.2) is 83.8 Å². The van der Waals surface area contributed by atoms with E-state index in [4.69, 9.17) is 14.2 Å². The number of sulfonamides is 1. The van der Waals surface area contributed by atoms with Crippen molar-refractivity contribution in [2.45, 2.75) is 24.0 Å². The first-order valence-corrected chi connectivity index (χ1v) is 12.0. The molecule has 1 aliphatic heterocycles. The zero-order valence-electron chi connectivity index (χ0n) is 18.4. The third-order valence-corrected chi connectivity index (χ3v) is 7.09. The molecule has 1 heterocycles. The molecule has 0 amide bonds. The van der Waals surface area contributed by atoms with Gasteiger partial charge in [0.15, 0.2) is 0 Å². The van der Waals surface area contributed by atoms with Gasteiger partial charge in [-0.1, -0.05) is 36.4 Å². The first kappa shape index (κ1) is 23.3. The second-order valence-corrected chi connectivity index (χ2v) is 9.44. The summed E-state index contributed by atoms with van der Waals surface area (Å²) in [6.07, 6.45) is -0.716. The molecule has 1 unspecified atom stereocenters. The van der Waals surface area contributed by atoms with Crippen LogP contribution in [0.25, 0.3) is 0 Å². The van der Waals surface area contributed by atoms with E-state index in [1.807, 2.05) is 30.3 Å². The number of ether oxygens (including phenoxy) is 3. The van der Waals surface area contributed by atoms with Gasteiger partial charge in [-0.3, -0.25) is 4.31 Å². The van der Waals surface area contributed by atoms with Crippen LogP contribution in [0.5, 0.6) is 5.75 Å². The van der Waals surface area contributed by atoms with E-state index in [0.29, 0.717) is 11.4 Å². The third kappa shape index (κ3) is 5.04. The van der Waals surface area contributed by atoms with Gasteiger partial charge in [-0.15, -0.1) is 0 Å². The summed E-state index contributed by atoms with van der Waals surface area (Å²) in [7, 11) is -2.54. The molecule has 0 saturated carbocycles. The van der Waals surface area contributed by atoms with Crippen LogP contribution in [0.4, 0.5) is 5.69 Å². The van der Waals surface area contributed by atoms with Crippen molar-refractivity contribution in [3.05, 3.63) is 90.0 Å². The van der Waals surface area contributed by atoms with Gasteiger partial charge in [0.1, 0.15) is 5.75 Å². The van der Waals surface area contributed by atoms with E-state index in [9.17, 15) is 18.0 Å². The molecule has 1 saturated heterocycles. The minimum Gasteiger partial charge on any atom is -0.497 e. The first-order valence-electron chi connectivity index (χ1n) is 10.6. The van der Waals surface area contributed by atoms with E-state index < -0.39 is 28.1 Å². The second-order valence-electron chi connectivity index (χ2n) is 7.57.